The number of aryl methyl sites for hydroxylation is 1. The van der Waals surface area contributed by atoms with Crippen LogP contribution in [-0.2, 0) is 5.33 Å². The van der Waals surface area contributed by atoms with E-state index in [2.05, 4.69) is 41.1 Å². The first-order valence-corrected chi connectivity index (χ1v) is 6.74. The van der Waals surface area contributed by atoms with Gasteiger partial charge in [-0.05, 0) is 49.8 Å². The molecule has 0 atom stereocenters. The fraction of sp³-hybridized carbons (Fsp3) is 0.538. The Morgan fingerprint density at radius 3 is 2.67 bits per heavy atom. The summed E-state index contributed by atoms with van der Waals surface area (Å²) in [5.74, 6) is 1.06. The highest BCUT2D eigenvalue weighted by atomic mass is 79.9. The van der Waals surface area contributed by atoms with Crippen molar-refractivity contribution in [3.63, 3.8) is 0 Å². The highest BCUT2D eigenvalue weighted by Gasteiger charge is 2.17. The molecule has 0 radical (unpaired) electrons. The van der Waals surface area contributed by atoms with Crippen molar-refractivity contribution >= 4 is 15.9 Å². The van der Waals surface area contributed by atoms with Crippen LogP contribution in [-0.4, -0.2) is 6.10 Å². The van der Waals surface area contributed by atoms with Crippen LogP contribution in [0.25, 0.3) is 0 Å². The van der Waals surface area contributed by atoms with Gasteiger partial charge >= 0.3 is 0 Å². The second kappa shape index (κ2) is 5.02. The Morgan fingerprint density at radius 1 is 1.33 bits per heavy atom. The van der Waals surface area contributed by atoms with Crippen LogP contribution in [0, 0.1) is 6.92 Å². The lowest BCUT2D eigenvalue weighted by Gasteiger charge is -2.15. The third-order valence-corrected chi connectivity index (χ3v) is 3.64. The van der Waals surface area contributed by atoms with Crippen LogP contribution in [0.3, 0.4) is 0 Å². The predicted octanol–water partition coefficient (Wildman–Crippen LogP) is 4.21. The first-order chi connectivity index (χ1) is 7.29. The maximum Gasteiger partial charge on any atom is 0.122 e. The molecule has 0 spiro atoms. The minimum Gasteiger partial charge on any atom is -0.490 e. The van der Waals surface area contributed by atoms with Gasteiger partial charge in [0, 0.05) is 5.33 Å². The Morgan fingerprint density at radius 2 is 2.07 bits per heavy atom. The van der Waals surface area contributed by atoms with Crippen LogP contribution in [0.15, 0.2) is 18.2 Å². The zero-order chi connectivity index (χ0) is 10.7. The van der Waals surface area contributed by atoms with Crippen LogP contribution in [0.1, 0.15) is 36.8 Å². The highest BCUT2D eigenvalue weighted by Crippen LogP contribution is 2.27. The molecule has 0 saturated heterocycles. The largest absolute Gasteiger partial charge is 0.490 e. The van der Waals surface area contributed by atoms with Crippen molar-refractivity contribution in [3.05, 3.63) is 29.3 Å². The molecule has 1 aliphatic rings. The Hall–Kier alpha value is -0.500. The topological polar surface area (TPSA) is 9.23 Å². The summed E-state index contributed by atoms with van der Waals surface area (Å²) in [5, 5.41) is 0.914. The highest BCUT2D eigenvalue weighted by molar-refractivity contribution is 9.08. The molecule has 0 amide bonds. The van der Waals surface area contributed by atoms with Crippen LogP contribution < -0.4 is 4.74 Å². The van der Waals surface area contributed by atoms with Crippen molar-refractivity contribution in [2.24, 2.45) is 0 Å². The molecule has 1 fully saturated rings. The summed E-state index contributed by atoms with van der Waals surface area (Å²) in [4.78, 5) is 0. The number of ether oxygens (including phenoxy) is 1. The second-order valence-electron chi connectivity index (χ2n) is 4.26. The molecule has 2 heteroatoms. The summed E-state index contributed by atoms with van der Waals surface area (Å²) in [6.07, 6.45) is 5.55. The molecule has 0 heterocycles. The predicted molar refractivity (Wildman–Crippen MR) is 66.7 cm³/mol. The van der Waals surface area contributed by atoms with E-state index in [4.69, 9.17) is 4.74 Å². The molecule has 0 unspecified atom stereocenters. The number of hydrogen-bond acceptors (Lipinski definition) is 1. The van der Waals surface area contributed by atoms with Gasteiger partial charge in [0.25, 0.3) is 0 Å². The van der Waals surface area contributed by atoms with Crippen molar-refractivity contribution < 1.29 is 4.74 Å². The van der Waals surface area contributed by atoms with E-state index < -0.39 is 0 Å². The molecule has 15 heavy (non-hydrogen) atoms. The summed E-state index contributed by atoms with van der Waals surface area (Å²) in [7, 11) is 0. The molecule has 0 bridgehead atoms. The summed E-state index contributed by atoms with van der Waals surface area (Å²) < 4.78 is 5.99. The number of halogens is 1. The van der Waals surface area contributed by atoms with Gasteiger partial charge in [0.05, 0.1) is 6.10 Å². The lowest BCUT2D eigenvalue weighted by Crippen LogP contribution is -2.11. The average Bonchev–Trinajstić information content (AvgIpc) is 2.74. The number of rotatable bonds is 3. The minimum absolute atomic E-state index is 0.457. The van der Waals surface area contributed by atoms with Gasteiger partial charge in [0.15, 0.2) is 0 Å². The van der Waals surface area contributed by atoms with Crippen molar-refractivity contribution in [3.8, 4) is 5.75 Å². The Kier molecular flexibility index (Phi) is 3.68. The SMILES string of the molecule is Cc1cc(CBr)ccc1OC1CCCC1. The fourth-order valence-corrected chi connectivity index (χ4v) is 2.46. The third-order valence-electron chi connectivity index (χ3n) is 2.99. The quantitative estimate of drug-likeness (QED) is 0.747. The van der Waals surface area contributed by atoms with Gasteiger partial charge in [0.2, 0.25) is 0 Å². The molecule has 0 aliphatic heterocycles. The Balaban J connectivity index is 2.07. The van der Waals surface area contributed by atoms with Gasteiger partial charge in [-0.3, -0.25) is 0 Å². The minimum atomic E-state index is 0.457. The van der Waals surface area contributed by atoms with Crippen LogP contribution in [0.5, 0.6) is 5.75 Å². The summed E-state index contributed by atoms with van der Waals surface area (Å²) in [6, 6.07) is 6.43. The normalized spacial score (nSPS) is 16.9. The smallest absolute Gasteiger partial charge is 0.122 e. The molecule has 0 N–H and O–H groups in total. The molecule has 82 valence electrons. The Labute approximate surface area is 100.0 Å². The first-order valence-electron chi connectivity index (χ1n) is 5.62. The van der Waals surface area contributed by atoms with Crippen molar-refractivity contribution in [1.29, 1.82) is 0 Å². The molecular weight excluding hydrogens is 252 g/mol. The van der Waals surface area contributed by atoms with E-state index in [1.807, 2.05) is 0 Å². The average molecular weight is 269 g/mol. The molecule has 1 aliphatic carbocycles. The van der Waals surface area contributed by atoms with E-state index in [-0.39, 0.29) is 0 Å². The van der Waals surface area contributed by atoms with Crippen LogP contribution >= 0.6 is 15.9 Å². The lowest BCUT2D eigenvalue weighted by atomic mass is 10.1. The molecular formula is C13H17BrO. The summed E-state index contributed by atoms with van der Waals surface area (Å²) in [5.41, 5.74) is 2.56. The van der Waals surface area contributed by atoms with Gasteiger partial charge in [-0.25, -0.2) is 0 Å². The maximum absolute atomic E-state index is 5.99. The molecule has 1 saturated carbocycles. The molecule has 1 nitrogen and oxygen atoms in total. The number of hydrogen-bond donors (Lipinski definition) is 0. The maximum atomic E-state index is 5.99. The molecule has 0 aromatic heterocycles. The van der Waals surface area contributed by atoms with Gasteiger partial charge in [-0.15, -0.1) is 0 Å². The van der Waals surface area contributed by atoms with Gasteiger partial charge in [-0.1, -0.05) is 28.1 Å². The second-order valence-corrected chi connectivity index (χ2v) is 4.82. The third kappa shape index (κ3) is 2.75. The van der Waals surface area contributed by atoms with Crippen molar-refractivity contribution in [2.75, 3.05) is 0 Å². The van der Waals surface area contributed by atoms with Gasteiger partial charge in [0.1, 0.15) is 5.75 Å². The molecule has 1 aromatic carbocycles. The number of benzene rings is 1. The zero-order valence-electron chi connectivity index (χ0n) is 9.13. The summed E-state index contributed by atoms with van der Waals surface area (Å²) in [6.45, 7) is 2.12. The van der Waals surface area contributed by atoms with Crippen molar-refractivity contribution in [1.82, 2.24) is 0 Å². The van der Waals surface area contributed by atoms with E-state index in [1.165, 1.54) is 36.8 Å². The van der Waals surface area contributed by atoms with Gasteiger partial charge < -0.3 is 4.74 Å². The summed E-state index contributed by atoms with van der Waals surface area (Å²) >= 11 is 3.46. The monoisotopic (exact) mass is 268 g/mol. The van der Waals surface area contributed by atoms with Crippen molar-refractivity contribution in [2.45, 2.75) is 44.0 Å². The van der Waals surface area contributed by atoms with Crippen LogP contribution in [0.2, 0.25) is 0 Å². The van der Waals surface area contributed by atoms with Crippen LogP contribution in [0.4, 0.5) is 0 Å². The first kappa shape index (κ1) is 11.0. The molecule has 1 aromatic rings. The van der Waals surface area contributed by atoms with E-state index in [0.717, 1.165) is 11.1 Å². The Bertz CT molecular complexity index is 329. The fourth-order valence-electron chi connectivity index (χ4n) is 2.11. The lowest BCUT2D eigenvalue weighted by molar-refractivity contribution is 0.208. The van der Waals surface area contributed by atoms with Gasteiger partial charge in [-0.2, -0.15) is 0 Å². The number of alkyl halides is 1. The van der Waals surface area contributed by atoms with E-state index in [0.29, 0.717) is 6.10 Å². The van der Waals surface area contributed by atoms with E-state index >= 15 is 0 Å². The van der Waals surface area contributed by atoms with E-state index in [1.54, 1.807) is 0 Å². The molecule has 2 rings (SSSR count). The van der Waals surface area contributed by atoms with E-state index in [9.17, 15) is 0 Å². The standard InChI is InChI=1S/C13H17BrO/c1-10-8-11(9-14)6-7-13(10)15-12-4-2-3-5-12/h6-8,12H,2-5,9H2,1H3. The zero-order valence-corrected chi connectivity index (χ0v) is 10.7.